The van der Waals surface area contributed by atoms with Crippen molar-refractivity contribution in [3.05, 3.63) is 53.6 Å². The van der Waals surface area contributed by atoms with Crippen LogP contribution in [0.1, 0.15) is 11.1 Å². The molecule has 2 aromatic carbocycles. The molecule has 2 N–H and O–H groups in total. The zero-order valence-corrected chi connectivity index (χ0v) is 12.1. The van der Waals surface area contributed by atoms with E-state index in [1.54, 1.807) is 19.1 Å². The lowest BCUT2D eigenvalue weighted by atomic mass is 10.1. The van der Waals surface area contributed by atoms with E-state index in [2.05, 4.69) is 0 Å². The molecule has 4 nitrogen and oxygen atoms in total. The normalized spacial score (nSPS) is 13.0. The van der Waals surface area contributed by atoms with Crippen molar-refractivity contribution >= 4 is 22.6 Å². The molecule has 0 spiro atoms. The van der Waals surface area contributed by atoms with Gasteiger partial charge in [-0.25, -0.2) is 8.51 Å². The fourth-order valence-electron chi connectivity index (χ4n) is 1.92. The predicted octanol–water partition coefficient (Wildman–Crippen LogP) is 3.99. The van der Waals surface area contributed by atoms with Crippen molar-refractivity contribution in [2.45, 2.75) is 13.1 Å². The van der Waals surface area contributed by atoms with Gasteiger partial charge in [0.25, 0.3) is 11.3 Å². The maximum atomic E-state index is 13.1. The number of aryl methyl sites for hydroxylation is 1. The number of alkyl halides is 3. The highest BCUT2D eigenvalue weighted by atomic mass is 32.2. The second-order valence-corrected chi connectivity index (χ2v) is 5.39. The van der Waals surface area contributed by atoms with E-state index in [1.807, 2.05) is 0 Å². The number of phenols is 1. The minimum atomic E-state index is -4.78. The molecule has 0 saturated heterocycles. The molecular weight excluding hydrogens is 319 g/mol. The van der Waals surface area contributed by atoms with E-state index in [9.17, 15) is 27.0 Å². The molecule has 1 atom stereocenters. The highest BCUT2D eigenvalue weighted by Crippen LogP contribution is 2.41. The number of hydrogen-bond donors (Lipinski definition) is 2. The number of nitrogens with zero attached hydrogens (tertiary/aromatic N) is 1. The third-order valence-corrected chi connectivity index (χ3v) is 3.65. The molecule has 0 saturated carbocycles. The minimum absolute atomic E-state index is 0.127. The van der Waals surface area contributed by atoms with Crippen molar-refractivity contribution in [3.63, 3.8) is 0 Å². The minimum Gasteiger partial charge on any atom is -0.508 e. The molecule has 22 heavy (non-hydrogen) atoms. The summed E-state index contributed by atoms with van der Waals surface area (Å²) >= 11 is -2.71. The van der Waals surface area contributed by atoms with Gasteiger partial charge in [0.1, 0.15) is 5.75 Å². The number of aromatic hydroxyl groups is 1. The van der Waals surface area contributed by atoms with Gasteiger partial charge < -0.3 is 5.11 Å². The molecule has 2 aromatic rings. The SMILES string of the molecule is Cc1ccc(N(c2ccc(O)cc2C(F)(F)F)S(=O)O)cc1. The number of rotatable bonds is 3. The van der Waals surface area contributed by atoms with Crippen LogP contribution in [0.4, 0.5) is 24.5 Å². The Morgan fingerprint density at radius 3 is 2.18 bits per heavy atom. The summed E-state index contributed by atoms with van der Waals surface area (Å²) in [7, 11) is 0. The summed E-state index contributed by atoms with van der Waals surface area (Å²) in [6.45, 7) is 1.78. The molecule has 118 valence electrons. The summed E-state index contributed by atoms with van der Waals surface area (Å²) in [5.41, 5.74) is -0.734. The molecule has 0 aromatic heterocycles. The van der Waals surface area contributed by atoms with Gasteiger partial charge in [-0.15, -0.1) is 0 Å². The quantitative estimate of drug-likeness (QED) is 0.836. The van der Waals surface area contributed by atoms with Gasteiger partial charge in [-0.05, 0) is 37.3 Å². The Kier molecular flexibility index (Phi) is 4.43. The number of phenolic OH excluding ortho intramolecular Hbond substituents is 1. The van der Waals surface area contributed by atoms with Crippen LogP contribution >= 0.6 is 0 Å². The molecule has 0 fully saturated rings. The smallest absolute Gasteiger partial charge is 0.418 e. The lowest BCUT2D eigenvalue weighted by molar-refractivity contribution is -0.137. The topological polar surface area (TPSA) is 60.8 Å². The van der Waals surface area contributed by atoms with Crippen LogP contribution in [0.2, 0.25) is 0 Å². The molecule has 0 bridgehead atoms. The first-order chi connectivity index (χ1) is 10.2. The summed E-state index contributed by atoms with van der Waals surface area (Å²) in [6.07, 6.45) is -4.78. The number of anilines is 2. The van der Waals surface area contributed by atoms with Crippen molar-refractivity contribution in [3.8, 4) is 5.75 Å². The average Bonchev–Trinajstić information content (AvgIpc) is 2.41. The lowest BCUT2D eigenvalue weighted by Crippen LogP contribution is -2.22. The Bertz CT molecular complexity index is 701. The van der Waals surface area contributed by atoms with E-state index < -0.39 is 34.4 Å². The highest BCUT2D eigenvalue weighted by molar-refractivity contribution is 7.81. The summed E-state index contributed by atoms with van der Waals surface area (Å²) in [5, 5.41) is 9.27. The van der Waals surface area contributed by atoms with E-state index >= 15 is 0 Å². The van der Waals surface area contributed by atoms with E-state index in [-0.39, 0.29) is 5.69 Å². The largest absolute Gasteiger partial charge is 0.508 e. The summed E-state index contributed by atoms with van der Waals surface area (Å²) in [5.74, 6) is -0.580. The summed E-state index contributed by atoms with van der Waals surface area (Å²) in [6, 6.07) is 8.60. The van der Waals surface area contributed by atoms with Crippen LogP contribution in [0, 0.1) is 6.92 Å². The van der Waals surface area contributed by atoms with Crippen LogP contribution in [-0.2, 0) is 17.4 Å². The molecule has 8 heteroatoms. The molecule has 0 aliphatic rings. The van der Waals surface area contributed by atoms with Crippen LogP contribution in [0.5, 0.6) is 5.75 Å². The Labute approximate surface area is 127 Å². The number of benzene rings is 2. The fraction of sp³-hybridized carbons (Fsp3) is 0.143. The Morgan fingerprint density at radius 2 is 1.68 bits per heavy atom. The van der Waals surface area contributed by atoms with Gasteiger partial charge >= 0.3 is 6.18 Å². The predicted molar refractivity (Wildman–Crippen MR) is 77.2 cm³/mol. The Balaban J connectivity index is 2.64. The first-order valence-corrected chi connectivity index (χ1v) is 7.14. The zero-order valence-electron chi connectivity index (χ0n) is 11.3. The van der Waals surface area contributed by atoms with Crippen LogP contribution in [0.3, 0.4) is 0 Å². The second-order valence-electron chi connectivity index (χ2n) is 4.56. The van der Waals surface area contributed by atoms with Gasteiger partial charge in [-0.2, -0.15) is 13.2 Å². The van der Waals surface area contributed by atoms with Crippen molar-refractivity contribution in [1.82, 2.24) is 0 Å². The fourth-order valence-corrected chi connectivity index (χ4v) is 2.55. The Morgan fingerprint density at radius 1 is 1.09 bits per heavy atom. The Hall–Kier alpha value is -2.06. The molecule has 0 aliphatic carbocycles. The van der Waals surface area contributed by atoms with E-state index in [0.29, 0.717) is 10.4 Å². The van der Waals surface area contributed by atoms with Gasteiger partial charge in [0.05, 0.1) is 16.9 Å². The van der Waals surface area contributed by atoms with Gasteiger partial charge in [-0.3, -0.25) is 4.55 Å². The maximum Gasteiger partial charge on any atom is 0.418 e. The van der Waals surface area contributed by atoms with E-state index in [4.69, 9.17) is 0 Å². The van der Waals surface area contributed by atoms with Gasteiger partial charge in [-0.1, -0.05) is 17.7 Å². The molecule has 1 unspecified atom stereocenters. The number of halogens is 3. The van der Waals surface area contributed by atoms with E-state index in [1.165, 1.54) is 12.1 Å². The van der Waals surface area contributed by atoms with E-state index in [0.717, 1.165) is 17.7 Å². The summed E-state index contributed by atoms with van der Waals surface area (Å²) < 4.78 is 61.0. The molecule has 0 amide bonds. The van der Waals surface area contributed by atoms with Gasteiger partial charge in [0.2, 0.25) is 0 Å². The van der Waals surface area contributed by atoms with Gasteiger partial charge in [0, 0.05) is 0 Å². The van der Waals surface area contributed by atoms with Crippen LogP contribution < -0.4 is 4.31 Å². The standard InChI is InChI=1S/C14H12F3NO3S/c1-9-2-4-10(5-3-9)18(22(20)21)13-7-6-11(19)8-12(13)14(15,16)17/h2-8,19H,1H3,(H,20,21). The van der Waals surface area contributed by atoms with Gasteiger partial charge in [0.15, 0.2) is 0 Å². The van der Waals surface area contributed by atoms with Crippen LogP contribution in [-0.4, -0.2) is 13.9 Å². The highest BCUT2D eigenvalue weighted by Gasteiger charge is 2.36. The number of hydrogen-bond acceptors (Lipinski definition) is 2. The first-order valence-electron chi connectivity index (χ1n) is 6.08. The second kappa shape index (κ2) is 5.98. The molecule has 0 radical (unpaired) electrons. The van der Waals surface area contributed by atoms with Crippen molar-refractivity contribution in [2.75, 3.05) is 4.31 Å². The third kappa shape index (κ3) is 3.40. The van der Waals surface area contributed by atoms with Crippen LogP contribution in [0.25, 0.3) is 0 Å². The maximum absolute atomic E-state index is 13.1. The average molecular weight is 331 g/mol. The molecule has 0 heterocycles. The zero-order chi connectivity index (χ0) is 16.5. The molecule has 2 rings (SSSR count). The molecular formula is C14H12F3NO3S. The van der Waals surface area contributed by atoms with Crippen molar-refractivity contribution < 1.29 is 27.0 Å². The molecule has 0 aliphatic heterocycles. The van der Waals surface area contributed by atoms with Crippen LogP contribution in [0.15, 0.2) is 42.5 Å². The lowest BCUT2D eigenvalue weighted by Gasteiger charge is -2.24. The summed E-state index contributed by atoms with van der Waals surface area (Å²) in [4.78, 5) is 0. The first kappa shape index (κ1) is 16.3. The van der Waals surface area contributed by atoms with Crippen molar-refractivity contribution in [2.24, 2.45) is 0 Å². The third-order valence-electron chi connectivity index (χ3n) is 2.93. The van der Waals surface area contributed by atoms with Crippen molar-refractivity contribution in [1.29, 1.82) is 0 Å². The monoisotopic (exact) mass is 331 g/mol.